The maximum Gasteiger partial charge on any atom is 0.270 e. The Morgan fingerprint density at radius 2 is 2.12 bits per heavy atom. The first-order valence-electron chi connectivity index (χ1n) is 7.81. The number of carbonyl (C=O) groups excluding carboxylic acids is 3. The fourth-order valence-electron chi connectivity index (χ4n) is 3.59. The number of benzene rings is 1. The minimum atomic E-state index is -0.748. The number of imide groups is 1. The fourth-order valence-corrected chi connectivity index (χ4v) is 3.59. The maximum absolute atomic E-state index is 12.7. The molecule has 0 unspecified atom stereocenters. The Morgan fingerprint density at radius 3 is 2.83 bits per heavy atom. The van der Waals surface area contributed by atoms with Crippen LogP contribution in [0.1, 0.15) is 23.3 Å². The van der Waals surface area contributed by atoms with Crippen molar-refractivity contribution in [1.82, 2.24) is 15.2 Å². The van der Waals surface area contributed by atoms with Gasteiger partial charge in [0.25, 0.3) is 5.91 Å². The zero-order valence-corrected chi connectivity index (χ0v) is 13.2. The van der Waals surface area contributed by atoms with Crippen molar-refractivity contribution in [1.29, 1.82) is 0 Å². The van der Waals surface area contributed by atoms with Gasteiger partial charge < -0.3 is 14.6 Å². The molecule has 4 rings (SSSR count). The molecular weight excluding hydrogens is 310 g/mol. The SMILES string of the molecule is COc1ccc2[nH]c(C(=O)N3CC[C@]4(CC(=O)NC4=O)C3)cc2c1. The van der Waals surface area contributed by atoms with Crippen molar-refractivity contribution < 1.29 is 19.1 Å². The van der Waals surface area contributed by atoms with E-state index in [2.05, 4.69) is 10.3 Å². The average molecular weight is 327 g/mol. The van der Waals surface area contributed by atoms with Gasteiger partial charge in [-0.3, -0.25) is 19.7 Å². The van der Waals surface area contributed by atoms with Gasteiger partial charge in [-0.2, -0.15) is 0 Å². The molecule has 1 aromatic heterocycles. The van der Waals surface area contributed by atoms with Crippen molar-refractivity contribution in [2.75, 3.05) is 20.2 Å². The maximum atomic E-state index is 12.7. The van der Waals surface area contributed by atoms with Crippen LogP contribution in [0.4, 0.5) is 0 Å². The van der Waals surface area contributed by atoms with E-state index in [-0.39, 0.29) is 30.7 Å². The number of fused-ring (bicyclic) bond motifs is 1. The molecule has 2 aliphatic heterocycles. The van der Waals surface area contributed by atoms with Gasteiger partial charge >= 0.3 is 0 Å². The lowest BCUT2D eigenvalue weighted by atomic mass is 9.85. The Bertz CT molecular complexity index is 872. The molecule has 7 nitrogen and oxygen atoms in total. The van der Waals surface area contributed by atoms with E-state index in [1.54, 1.807) is 18.1 Å². The molecule has 2 saturated heterocycles. The summed E-state index contributed by atoms with van der Waals surface area (Å²) in [6, 6.07) is 7.33. The van der Waals surface area contributed by atoms with Crippen molar-refractivity contribution in [3.8, 4) is 5.75 Å². The molecule has 3 heterocycles. The van der Waals surface area contributed by atoms with E-state index < -0.39 is 5.41 Å². The van der Waals surface area contributed by atoms with Crippen LogP contribution >= 0.6 is 0 Å². The molecule has 2 fully saturated rings. The van der Waals surface area contributed by atoms with Crippen molar-refractivity contribution in [3.05, 3.63) is 30.0 Å². The summed E-state index contributed by atoms with van der Waals surface area (Å²) in [7, 11) is 1.59. The number of nitrogens with one attached hydrogen (secondary N) is 2. The number of methoxy groups -OCH3 is 1. The summed E-state index contributed by atoms with van der Waals surface area (Å²) in [6.45, 7) is 0.750. The summed E-state index contributed by atoms with van der Waals surface area (Å²) in [4.78, 5) is 41.0. The Hall–Kier alpha value is -2.83. The van der Waals surface area contributed by atoms with Gasteiger partial charge in [-0.15, -0.1) is 0 Å². The molecule has 0 radical (unpaired) electrons. The average Bonchev–Trinajstić information content (AvgIpc) is 3.24. The van der Waals surface area contributed by atoms with E-state index in [0.29, 0.717) is 18.7 Å². The summed E-state index contributed by atoms with van der Waals surface area (Å²) in [6.07, 6.45) is 0.684. The Morgan fingerprint density at radius 1 is 1.29 bits per heavy atom. The van der Waals surface area contributed by atoms with Gasteiger partial charge in [0.1, 0.15) is 11.4 Å². The van der Waals surface area contributed by atoms with Crippen LogP contribution in [0, 0.1) is 5.41 Å². The second kappa shape index (κ2) is 5.09. The van der Waals surface area contributed by atoms with Gasteiger partial charge in [0.05, 0.1) is 12.5 Å². The van der Waals surface area contributed by atoms with Crippen molar-refractivity contribution >= 4 is 28.6 Å². The number of ether oxygens (including phenoxy) is 1. The zero-order valence-electron chi connectivity index (χ0n) is 13.2. The summed E-state index contributed by atoms with van der Waals surface area (Å²) in [5.41, 5.74) is 0.573. The molecule has 1 spiro atoms. The van der Waals surface area contributed by atoms with Crippen LogP contribution < -0.4 is 10.1 Å². The van der Waals surface area contributed by atoms with Gasteiger partial charge in [-0.25, -0.2) is 0 Å². The Labute approximate surface area is 138 Å². The molecular formula is C17H17N3O4. The molecule has 1 aromatic carbocycles. The van der Waals surface area contributed by atoms with Crippen LogP contribution in [0.2, 0.25) is 0 Å². The fraction of sp³-hybridized carbons (Fsp3) is 0.353. The van der Waals surface area contributed by atoms with Gasteiger partial charge in [0.15, 0.2) is 0 Å². The lowest BCUT2D eigenvalue weighted by molar-refractivity contribution is -0.128. The van der Waals surface area contributed by atoms with Crippen molar-refractivity contribution in [2.24, 2.45) is 5.41 Å². The highest BCUT2D eigenvalue weighted by atomic mass is 16.5. The van der Waals surface area contributed by atoms with E-state index >= 15 is 0 Å². The van der Waals surface area contributed by atoms with Crippen LogP contribution in [-0.2, 0) is 9.59 Å². The Kier molecular flexibility index (Phi) is 3.13. The van der Waals surface area contributed by atoms with Gasteiger partial charge in [-0.1, -0.05) is 0 Å². The number of aromatic amines is 1. The summed E-state index contributed by atoms with van der Waals surface area (Å²) in [5.74, 6) is 0.0483. The number of likely N-dealkylation sites (tertiary alicyclic amines) is 1. The quantitative estimate of drug-likeness (QED) is 0.807. The van der Waals surface area contributed by atoms with Gasteiger partial charge in [-0.05, 0) is 30.7 Å². The van der Waals surface area contributed by atoms with Crippen molar-refractivity contribution in [3.63, 3.8) is 0 Å². The molecule has 124 valence electrons. The lowest BCUT2D eigenvalue weighted by Crippen LogP contribution is -2.36. The monoisotopic (exact) mass is 327 g/mol. The normalized spacial score (nSPS) is 23.3. The van der Waals surface area contributed by atoms with E-state index in [9.17, 15) is 14.4 Å². The number of H-pyrrole nitrogens is 1. The molecule has 7 heteroatoms. The van der Waals surface area contributed by atoms with Gasteiger partial charge in [0.2, 0.25) is 11.8 Å². The van der Waals surface area contributed by atoms with E-state index in [1.807, 2.05) is 18.2 Å². The van der Waals surface area contributed by atoms with Crippen LogP contribution in [0.25, 0.3) is 10.9 Å². The highest BCUT2D eigenvalue weighted by molar-refractivity contribution is 6.07. The number of nitrogens with zero attached hydrogens (tertiary/aromatic N) is 1. The standard InChI is InChI=1S/C17H17N3O4/c1-24-11-2-3-12-10(6-11)7-13(18-12)15(22)20-5-4-17(9-20)8-14(21)19-16(17)23/h2-3,6-7,18H,4-5,8-9H2,1H3,(H,19,21,23)/t17-/m0/s1. The molecule has 2 N–H and O–H groups in total. The predicted molar refractivity (Wildman–Crippen MR) is 85.6 cm³/mol. The largest absolute Gasteiger partial charge is 0.497 e. The van der Waals surface area contributed by atoms with E-state index in [1.165, 1.54) is 0 Å². The minimum Gasteiger partial charge on any atom is -0.497 e. The first-order chi connectivity index (χ1) is 11.5. The second-order valence-electron chi connectivity index (χ2n) is 6.45. The highest BCUT2D eigenvalue weighted by Gasteiger charge is 2.51. The molecule has 0 saturated carbocycles. The third-order valence-electron chi connectivity index (χ3n) is 4.93. The van der Waals surface area contributed by atoms with Crippen LogP contribution in [-0.4, -0.2) is 47.8 Å². The van der Waals surface area contributed by atoms with Crippen LogP contribution in [0.15, 0.2) is 24.3 Å². The lowest BCUT2D eigenvalue weighted by Gasteiger charge is -2.19. The molecule has 3 amide bonds. The molecule has 24 heavy (non-hydrogen) atoms. The summed E-state index contributed by atoms with van der Waals surface area (Å²) < 4.78 is 5.19. The molecule has 2 aliphatic rings. The smallest absolute Gasteiger partial charge is 0.270 e. The first kappa shape index (κ1) is 14.7. The number of amides is 3. The zero-order chi connectivity index (χ0) is 16.9. The Balaban J connectivity index is 1.58. The number of aromatic nitrogens is 1. The summed E-state index contributed by atoms with van der Waals surface area (Å²) in [5, 5.41) is 3.23. The highest BCUT2D eigenvalue weighted by Crippen LogP contribution is 2.38. The molecule has 0 bridgehead atoms. The number of hydrogen-bond acceptors (Lipinski definition) is 4. The van der Waals surface area contributed by atoms with Crippen LogP contribution in [0.3, 0.4) is 0 Å². The topological polar surface area (TPSA) is 91.5 Å². The van der Waals surface area contributed by atoms with Gasteiger partial charge in [0, 0.05) is 30.4 Å². The number of rotatable bonds is 2. The number of carbonyl (C=O) groups is 3. The molecule has 1 atom stereocenters. The third kappa shape index (κ3) is 2.16. The minimum absolute atomic E-state index is 0.158. The predicted octanol–water partition coefficient (Wildman–Crippen LogP) is 1.06. The van der Waals surface area contributed by atoms with Crippen LogP contribution in [0.5, 0.6) is 5.75 Å². The second-order valence-corrected chi connectivity index (χ2v) is 6.45. The number of hydrogen-bond donors (Lipinski definition) is 2. The molecule has 0 aliphatic carbocycles. The third-order valence-corrected chi connectivity index (χ3v) is 4.93. The van der Waals surface area contributed by atoms with Crippen molar-refractivity contribution in [2.45, 2.75) is 12.8 Å². The van der Waals surface area contributed by atoms with E-state index in [4.69, 9.17) is 4.74 Å². The van der Waals surface area contributed by atoms with E-state index in [0.717, 1.165) is 16.7 Å². The first-order valence-corrected chi connectivity index (χ1v) is 7.81. The molecule has 2 aromatic rings. The summed E-state index contributed by atoms with van der Waals surface area (Å²) >= 11 is 0.